The molecule has 1 aliphatic rings. The molecule has 0 unspecified atom stereocenters. The van der Waals surface area contributed by atoms with Gasteiger partial charge in [0, 0.05) is 55.5 Å². The standard InChI is InChI=1S/C31H24F3N3O4/c32-22-3-6-24(7-4-22)41-29-10-1-19(17-36-29)15-28(38)21-2-9-27(35-18-21)31(40)37-13-11-20(12-14-37)30(39)25-8-5-23(33)16-26(25)34/h1-10,16-18,20H,11-15H2. The van der Waals surface area contributed by atoms with Crippen LogP contribution in [-0.4, -0.2) is 45.4 Å². The van der Waals surface area contributed by atoms with Gasteiger partial charge in [0.05, 0.1) is 5.56 Å². The smallest absolute Gasteiger partial charge is 0.272 e. The molecule has 5 rings (SSSR count). The quantitative estimate of drug-likeness (QED) is 0.252. The Hall–Kier alpha value is -4.86. The molecule has 1 amide bonds. The minimum absolute atomic E-state index is 0.0645. The number of aromatic nitrogens is 2. The van der Waals surface area contributed by atoms with Crippen molar-refractivity contribution in [3.63, 3.8) is 0 Å². The molecule has 0 bridgehead atoms. The highest BCUT2D eigenvalue weighted by atomic mass is 19.1. The van der Waals surface area contributed by atoms with Crippen LogP contribution >= 0.6 is 0 Å². The van der Waals surface area contributed by atoms with Gasteiger partial charge in [0.15, 0.2) is 11.6 Å². The summed E-state index contributed by atoms with van der Waals surface area (Å²) in [5.74, 6) is -2.69. The first-order valence-electron chi connectivity index (χ1n) is 12.9. The number of hydrogen-bond donors (Lipinski definition) is 0. The monoisotopic (exact) mass is 559 g/mol. The van der Waals surface area contributed by atoms with Gasteiger partial charge in [-0.2, -0.15) is 0 Å². The number of amides is 1. The molecule has 1 saturated heterocycles. The highest BCUT2D eigenvalue weighted by Gasteiger charge is 2.30. The van der Waals surface area contributed by atoms with Gasteiger partial charge in [-0.1, -0.05) is 6.07 Å². The van der Waals surface area contributed by atoms with Gasteiger partial charge in [-0.3, -0.25) is 19.4 Å². The predicted molar refractivity (Wildman–Crippen MR) is 142 cm³/mol. The van der Waals surface area contributed by atoms with Crippen molar-refractivity contribution < 1.29 is 32.3 Å². The summed E-state index contributed by atoms with van der Waals surface area (Å²) in [7, 11) is 0. The normalized spacial score (nSPS) is 13.6. The number of halogens is 3. The van der Waals surface area contributed by atoms with Gasteiger partial charge in [-0.15, -0.1) is 0 Å². The molecule has 1 aliphatic heterocycles. The molecule has 0 radical (unpaired) electrons. The highest BCUT2D eigenvalue weighted by molar-refractivity contribution is 5.99. The van der Waals surface area contributed by atoms with E-state index in [9.17, 15) is 27.6 Å². The minimum Gasteiger partial charge on any atom is -0.439 e. The first-order valence-corrected chi connectivity index (χ1v) is 12.9. The van der Waals surface area contributed by atoms with Crippen LogP contribution in [0.15, 0.2) is 79.1 Å². The molecule has 0 aliphatic carbocycles. The molecule has 0 atom stereocenters. The molecular weight excluding hydrogens is 535 g/mol. The molecule has 2 aromatic carbocycles. The first kappa shape index (κ1) is 27.7. The second kappa shape index (κ2) is 12.1. The largest absolute Gasteiger partial charge is 0.439 e. The zero-order valence-corrected chi connectivity index (χ0v) is 21.7. The van der Waals surface area contributed by atoms with E-state index in [2.05, 4.69) is 9.97 Å². The maximum absolute atomic E-state index is 14.0. The molecule has 3 heterocycles. The maximum atomic E-state index is 14.0. The summed E-state index contributed by atoms with van der Waals surface area (Å²) >= 11 is 0. The van der Waals surface area contributed by atoms with E-state index in [1.807, 2.05) is 0 Å². The number of ether oxygens (including phenoxy) is 1. The van der Waals surface area contributed by atoms with Gasteiger partial charge in [-0.25, -0.2) is 18.2 Å². The summed E-state index contributed by atoms with van der Waals surface area (Å²) in [4.78, 5) is 48.3. The fourth-order valence-electron chi connectivity index (χ4n) is 4.59. The number of rotatable bonds is 8. The lowest BCUT2D eigenvalue weighted by molar-refractivity contribution is 0.0644. The van der Waals surface area contributed by atoms with Crippen LogP contribution in [-0.2, 0) is 6.42 Å². The Morgan fingerprint density at radius 2 is 1.56 bits per heavy atom. The number of likely N-dealkylation sites (tertiary alicyclic amines) is 1. The number of benzene rings is 2. The van der Waals surface area contributed by atoms with Gasteiger partial charge < -0.3 is 9.64 Å². The molecule has 41 heavy (non-hydrogen) atoms. The fraction of sp³-hybridized carbons (Fsp3) is 0.194. The van der Waals surface area contributed by atoms with Crippen LogP contribution in [0.25, 0.3) is 0 Å². The van der Waals surface area contributed by atoms with Crippen LogP contribution < -0.4 is 4.74 Å². The lowest BCUT2D eigenvalue weighted by Gasteiger charge is -2.31. The van der Waals surface area contributed by atoms with Crippen molar-refractivity contribution in [2.45, 2.75) is 19.3 Å². The number of ketones is 2. The Kier molecular flexibility index (Phi) is 8.19. The van der Waals surface area contributed by atoms with Crippen LogP contribution in [0.1, 0.15) is 49.6 Å². The summed E-state index contributed by atoms with van der Waals surface area (Å²) in [6, 6.07) is 14.7. The summed E-state index contributed by atoms with van der Waals surface area (Å²) in [6.07, 6.45) is 3.62. The van der Waals surface area contributed by atoms with Crippen molar-refractivity contribution in [1.29, 1.82) is 0 Å². The van der Waals surface area contributed by atoms with Crippen LogP contribution in [0.4, 0.5) is 13.2 Å². The molecule has 7 nitrogen and oxygen atoms in total. The molecular formula is C31H24F3N3O4. The molecule has 2 aromatic heterocycles. The summed E-state index contributed by atoms with van der Waals surface area (Å²) in [6.45, 7) is 0.572. The fourth-order valence-corrected chi connectivity index (χ4v) is 4.59. The van der Waals surface area contributed by atoms with Crippen molar-refractivity contribution in [2.75, 3.05) is 13.1 Å². The van der Waals surface area contributed by atoms with Crippen LogP contribution in [0, 0.1) is 23.4 Å². The summed E-state index contributed by atoms with van der Waals surface area (Å²) in [5.41, 5.74) is 1.00. The topological polar surface area (TPSA) is 89.5 Å². The number of carbonyl (C=O) groups is 3. The number of Topliss-reactive ketones (excluding diaryl/α,β-unsaturated/α-hetero) is 2. The second-order valence-electron chi connectivity index (χ2n) is 9.65. The number of pyridine rings is 2. The SMILES string of the molecule is O=C(Cc1ccc(Oc2ccc(F)cc2)nc1)c1ccc(C(=O)N2CCC(C(=O)c3ccc(F)cc3F)CC2)nc1. The molecule has 4 aromatic rings. The Bertz CT molecular complexity index is 1570. The number of carbonyl (C=O) groups excluding carboxylic acids is 3. The third kappa shape index (κ3) is 6.66. The third-order valence-corrected chi connectivity index (χ3v) is 6.85. The van der Waals surface area contributed by atoms with Crippen LogP contribution in [0.2, 0.25) is 0 Å². The Morgan fingerprint density at radius 1 is 0.829 bits per heavy atom. The van der Waals surface area contributed by atoms with Crippen molar-refractivity contribution in [3.05, 3.63) is 119 Å². The zero-order valence-electron chi connectivity index (χ0n) is 21.7. The molecule has 10 heteroatoms. The number of piperidine rings is 1. The molecule has 0 saturated carbocycles. The maximum Gasteiger partial charge on any atom is 0.272 e. The lowest BCUT2D eigenvalue weighted by atomic mass is 9.88. The van der Waals surface area contributed by atoms with Crippen molar-refractivity contribution in [2.24, 2.45) is 5.92 Å². The van der Waals surface area contributed by atoms with Gasteiger partial charge in [-0.05, 0) is 66.9 Å². The van der Waals surface area contributed by atoms with Gasteiger partial charge in [0.1, 0.15) is 28.9 Å². The Balaban J connectivity index is 1.13. The van der Waals surface area contributed by atoms with E-state index < -0.39 is 23.3 Å². The lowest BCUT2D eigenvalue weighted by Crippen LogP contribution is -2.40. The number of nitrogens with zero attached hydrogens (tertiary/aromatic N) is 3. The van der Waals surface area contributed by atoms with E-state index in [-0.39, 0.29) is 48.3 Å². The molecule has 0 N–H and O–H groups in total. The first-order chi connectivity index (χ1) is 19.8. The summed E-state index contributed by atoms with van der Waals surface area (Å²) in [5, 5.41) is 0. The van der Waals surface area contributed by atoms with Crippen LogP contribution in [0.5, 0.6) is 11.6 Å². The van der Waals surface area contributed by atoms with E-state index >= 15 is 0 Å². The van der Waals surface area contributed by atoms with Crippen molar-refractivity contribution in [1.82, 2.24) is 14.9 Å². The Labute approximate surface area is 233 Å². The van der Waals surface area contributed by atoms with Crippen molar-refractivity contribution >= 4 is 17.5 Å². The van der Waals surface area contributed by atoms with E-state index in [1.54, 1.807) is 17.0 Å². The predicted octanol–water partition coefficient (Wildman–Crippen LogP) is 5.85. The van der Waals surface area contributed by atoms with E-state index in [1.165, 1.54) is 48.8 Å². The molecule has 0 spiro atoms. The zero-order chi connectivity index (χ0) is 28.9. The van der Waals surface area contributed by atoms with E-state index in [4.69, 9.17) is 4.74 Å². The molecule has 208 valence electrons. The highest BCUT2D eigenvalue weighted by Crippen LogP contribution is 2.25. The second-order valence-corrected chi connectivity index (χ2v) is 9.65. The molecule has 1 fully saturated rings. The minimum atomic E-state index is -0.892. The van der Waals surface area contributed by atoms with Crippen LogP contribution in [0.3, 0.4) is 0 Å². The van der Waals surface area contributed by atoms with Gasteiger partial charge >= 0.3 is 0 Å². The third-order valence-electron chi connectivity index (χ3n) is 6.85. The van der Waals surface area contributed by atoms with E-state index in [0.717, 1.165) is 12.1 Å². The average Bonchev–Trinajstić information content (AvgIpc) is 2.99. The van der Waals surface area contributed by atoms with E-state index in [0.29, 0.717) is 41.7 Å². The number of hydrogen-bond acceptors (Lipinski definition) is 6. The van der Waals surface area contributed by atoms with Gasteiger partial charge in [0.2, 0.25) is 5.88 Å². The van der Waals surface area contributed by atoms with Gasteiger partial charge in [0.25, 0.3) is 5.91 Å². The summed E-state index contributed by atoms with van der Waals surface area (Å²) < 4.78 is 45.8. The Morgan fingerprint density at radius 3 is 2.20 bits per heavy atom. The average molecular weight is 560 g/mol. The van der Waals surface area contributed by atoms with Crippen molar-refractivity contribution in [3.8, 4) is 11.6 Å².